The van der Waals surface area contributed by atoms with Gasteiger partial charge in [-0.3, -0.25) is 9.69 Å². The highest BCUT2D eigenvalue weighted by atomic mass is 32.2. The lowest BCUT2D eigenvalue weighted by Crippen LogP contribution is -2.41. The van der Waals surface area contributed by atoms with Gasteiger partial charge >= 0.3 is 12.3 Å². The molecule has 248 valence electrons. The molecule has 1 aliphatic heterocycles. The first-order valence-electron chi connectivity index (χ1n) is 14.5. The number of rotatable bonds is 11. The topological polar surface area (TPSA) is 121 Å². The van der Waals surface area contributed by atoms with E-state index in [1.807, 2.05) is 30.3 Å². The van der Waals surface area contributed by atoms with Crippen LogP contribution in [0, 0.1) is 11.3 Å². The molecule has 1 fully saturated rings. The summed E-state index contributed by atoms with van der Waals surface area (Å²) >= 11 is 1.31. The van der Waals surface area contributed by atoms with E-state index in [1.54, 1.807) is 35.4 Å². The molecule has 0 unspecified atom stereocenters. The number of amidine groups is 1. The molecule has 0 radical (unpaired) electrons. The minimum Gasteiger partial charge on any atom is -0.426 e. The number of carbonyl (C=O) groups is 1. The SMILES string of the molecule is CC(C)c1ccccc1N1C(=O)CSC1=NN=Cc1ccc(-c2nc(NCCC#N)n(-c3ccc(OC(F)(F)C(F)(F)F)cc3)n2)cc1. The number of nitriles is 1. The highest BCUT2D eigenvalue weighted by Gasteiger charge is 2.61. The van der Waals surface area contributed by atoms with E-state index in [4.69, 9.17) is 5.26 Å². The molecule has 2 heterocycles. The van der Waals surface area contributed by atoms with Gasteiger partial charge in [0.25, 0.3) is 0 Å². The summed E-state index contributed by atoms with van der Waals surface area (Å²) in [5, 5.41) is 25.4. The summed E-state index contributed by atoms with van der Waals surface area (Å²) in [6, 6.07) is 21.1. The average molecular weight is 683 g/mol. The Morgan fingerprint density at radius 1 is 1.06 bits per heavy atom. The normalized spacial score (nSPS) is 14.7. The number of thioether (sulfide) groups is 1. The molecule has 1 aromatic heterocycles. The fourth-order valence-corrected chi connectivity index (χ4v) is 5.35. The van der Waals surface area contributed by atoms with Crippen molar-refractivity contribution in [2.45, 2.75) is 38.5 Å². The molecule has 1 aliphatic rings. The van der Waals surface area contributed by atoms with Gasteiger partial charge in [0.15, 0.2) is 11.0 Å². The second-order valence-electron chi connectivity index (χ2n) is 10.6. The fourth-order valence-electron chi connectivity index (χ4n) is 4.54. The lowest BCUT2D eigenvalue weighted by Gasteiger charge is -2.20. The molecule has 48 heavy (non-hydrogen) atoms. The third-order valence-corrected chi connectivity index (χ3v) is 7.78. The summed E-state index contributed by atoms with van der Waals surface area (Å²) in [4.78, 5) is 18.8. The Labute approximate surface area is 275 Å². The van der Waals surface area contributed by atoms with Gasteiger partial charge in [-0.05, 0) is 47.4 Å². The third kappa shape index (κ3) is 7.63. The van der Waals surface area contributed by atoms with Gasteiger partial charge in [-0.2, -0.15) is 42.0 Å². The molecule has 3 aromatic carbocycles. The van der Waals surface area contributed by atoms with E-state index >= 15 is 0 Å². The van der Waals surface area contributed by atoms with E-state index in [0.717, 1.165) is 23.4 Å². The van der Waals surface area contributed by atoms with Crippen LogP contribution in [-0.4, -0.2) is 56.6 Å². The first kappa shape index (κ1) is 34.0. The van der Waals surface area contributed by atoms with Gasteiger partial charge in [0.1, 0.15) is 5.75 Å². The van der Waals surface area contributed by atoms with Crippen molar-refractivity contribution in [2.24, 2.45) is 10.2 Å². The maximum absolute atomic E-state index is 13.3. The summed E-state index contributed by atoms with van der Waals surface area (Å²) in [6.07, 6.45) is -9.55. The predicted octanol–water partition coefficient (Wildman–Crippen LogP) is 7.39. The van der Waals surface area contributed by atoms with Gasteiger partial charge in [-0.15, -0.1) is 10.2 Å². The van der Waals surface area contributed by atoms with Gasteiger partial charge in [0.05, 0.1) is 35.8 Å². The van der Waals surface area contributed by atoms with E-state index < -0.39 is 18.0 Å². The second-order valence-corrected chi connectivity index (χ2v) is 11.5. The highest BCUT2D eigenvalue weighted by molar-refractivity contribution is 8.15. The zero-order valence-electron chi connectivity index (χ0n) is 25.4. The van der Waals surface area contributed by atoms with Gasteiger partial charge in [0, 0.05) is 12.1 Å². The molecule has 10 nitrogen and oxygen atoms in total. The second kappa shape index (κ2) is 14.2. The van der Waals surface area contributed by atoms with Gasteiger partial charge in [-0.1, -0.05) is 68.1 Å². The molecule has 0 bridgehead atoms. The Hall–Kier alpha value is -5.30. The molecule has 1 amide bonds. The van der Waals surface area contributed by atoms with Crippen LogP contribution in [0.2, 0.25) is 0 Å². The minimum absolute atomic E-state index is 0.0768. The average Bonchev–Trinajstić information content (AvgIpc) is 3.64. The van der Waals surface area contributed by atoms with E-state index in [9.17, 15) is 26.7 Å². The van der Waals surface area contributed by atoms with Crippen LogP contribution in [-0.2, 0) is 4.79 Å². The zero-order chi connectivity index (χ0) is 34.5. The van der Waals surface area contributed by atoms with Crippen molar-refractivity contribution < 1.29 is 31.5 Å². The number of alkyl halides is 5. The van der Waals surface area contributed by atoms with Gasteiger partial charge < -0.3 is 10.1 Å². The maximum atomic E-state index is 13.3. The van der Waals surface area contributed by atoms with Crippen LogP contribution in [0.3, 0.4) is 0 Å². The van der Waals surface area contributed by atoms with E-state index in [1.165, 1.54) is 28.6 Å². The van der Waals surface area contributed by atoms with Crippen LogP contribution in [0.25, 0.3) is 17.1 Å². The number of hydrogen-bond donors (Lipinski definition) is 1. The summed E-state index contributed by atoms with van der Waals surface area (Å²) in [7, 11) is 0. The summed E-state index contributed by atoms with van der Waals surface area (Å²) in [5.74, 6) is 0.163. The first-order chi connectivity index (χ1) is 22.9. The molecular formula is C32H27F5N8O2S. The number of ether oxygens (including phenoxy) is 1. The van der Waals surface area contributed by atoms with Crippen molar-refractivity contribution in [2.75, 3.05) is 22.5 Å². The molecular weight excluding hydrogens is 655 g/mol. The summed E-state index contributed by atoms with van der Waals surface area (Å²) < 4.78 is 69.5. The zero-order valence-corrected chi connectivity index (χ0v) is 26.3. The van der Waals surface area contributed by atoms with E-state index in [2.05, 4.69) is 44.2 Å². The summed E-state index contributed by atoms with van der Waals surface area (Å²) in [6.45, 7) is 4.33. The molecule has 0 spiro atoms. The van der Waals surface area contributed by atoms with Gasteiger partial charge in [0.2, 0.25) is 11.9 Å². The van der Waals surface area contributed by atoms with Crippen LogP contribution in [0.15, 0.2) is 83.0 Å². The largest absolute Gasteiger partial charge is 0.499 e. The maximum Gasteiger partial charge on any atom is 0.499 e. The van der Waals surface area contributed by atoms with Crippen molar-refractivity contribution in [1.29, 1.82) is 5.26 Å². The number of carbonyl (C=O) groups excluding carboxylic acids is 1. The minimum atomic E-state index is -5.88. The van der Waals surface area contributed by atoms with Crippen molar-refractivity contribution in [1.82, 2.24) is 14.8 Å². The molecule has 0 atom stereocenters. The lowest BCUT2D eigenvalue weighted by atomic mass is 10.0. The first-order valence-corrected chi connectivity index (χ1v) is 15.4. The number of aromatic nitrogens is 3. The smallest absolute Gasteiger partial charge is 0.426 e. The Bertz CT molecular complexity index is 1870. The summed E-state index contributed by atoms with van der Waals surface area (Å²) in [5.41, 5.74) is 3.38. The van der Waals surface area contributed by atoms with Crippen molar-refractivity contribution in [3.05, 3.63) is 83.9 Å². The van der Waals surface area contributed by atoms with Crippen molar-refractivity contribution in [3.63, 3.8) is 0 Å². The fraction of sp³-hybridized carbons (Fsp3) is 0.250. The Morgan fingerprint density at radius 2 is 1.77 bits per heavy atom. The van der Waals surface area contributed by atoms with Crippen LogP contribution in [0.1, 0.15) is 37.3 Å². The highest BCUT2D eigenvalue weighted by Crippen LogP contribution is 2.37. The number of halogens is 5. The van der Waals surface area contributed by atoms with Crippen molar-refractivity contribution in [3.8, 4) is 28.9 Å². The van der Waals surface area contributed by atoms with Crippen LogP contribution >= 0.6 is 11.8 Å². The molecule has 1 saturated heterocycles. The third-order valence-electron chi connectivity index (χ3n) is 6.87. The standard InChI is InChI=1S/C32H27F5N8O2S/c1-20(2)25-6-3-4-7-26(25)44-27(46)19-48-30(44)42-40-18-21-8-10-22(11-9-21)28-41-29(39-17-5-16-38)45(43-28)23-12-14-24(15-13-23)47-32(36,37)31(33,34)35/h3-4,6-15,18,20H,5,17,19H2,1-2H3,(H,39,41,43). The lowest BCUT2D eigenvalue weighted by molar-refractivity contribution is -0.360. The molecule has 0 aliphatic carbocycles. The Morgan fingerprint density at radius 3 is 2.44 bits per heavy atom. The molecule has 1 N–H and O–H groups in total. The Balaban J connectivity index is 1.34. The quantitative estimate of drug-likeness (QED) is 0.0758. The number of nitrogens with zero attached hydrogens (tertiary/aromatic N) is 7. The number of para-hydroxylation sites is 1. The van der Waals surface area contributed by atoms with Crippen molar-refractivity contribution >= 4 is 40.7 Å². The number of benzene rings is 3. The van der Waals surface area contributed by atoms with E-state index in [-0.39, 0.29) is 48.0 Å². The molecule has 4 aromatic rings. The van der Waals surface area contributed by atoms with Crippen LogP contribution < -0.4 is 15.0 Å². The number of nitrogens with one attached hydrogen (secondary N) is 1. The number of amides is 1. The molecule has 5 rings (SSSR count). The molecule has 16 heteroatoms. The van der Waals surface area contributed by atoms with Crippen LogP contribution in [0.4, 0.5) is 33.6 Å². The number of hydrogen-bond acceptors (Lipinski definition) is 9. The van der Waals surface area contributed by atoms with Gasteiger partial charge in [-0.25, -0.2) is 0 Å². The Kier molecular flexibility index (Phi) is 10.1. The predicted molar refractivity (Wildman–Crippen MR) is 173 cm³/mol. The molecule has 0 saturated carbocycles. The monoisotopic (exact) mass is 682 g/mol. The van der Waals surface area contributed by atoms with E-state index in [0.29, 0.717) is 16.3 Å². The number of anilines is 2. The van der Waals surface area contributed by atoms with Crippen LogP contribution in [0.5, 0.6) is 5.75 Å².